The molecule has 6 nitrogen and oxygen atoms in total. The molecule has 7 heteroatoms. The summed E-state index contributed by atoms with van der Waals surface area (Å²) in [5.74, 6) is -0.413. The van der Waals surface area contributed by atoms with Gasteiger partial charge in [0.05, 0.1) is 17.7 Å². The summed E-state index contributed by atoms with van der Waals surface area (Å²) in [5, 5.41) is 6.04. The van der Waals surface area contributed by atoms with Gasteiger partial charge in [0.25, 0.3) is 5.91 Å². The van der Waals surface area contributed by atoms with Crippen molar-refractivity contribution >= 4 is 35.0 Å². The van der Waals surface area contributed by atoms with Crippen molar-refractivity contribution in [2.24, 2.45) is 0 Å². The smallest absolute Gasteiger partial charge is 0.253 e. The summed E-state index contributed by atoms with van der Waals surface area (Å²) in [5.41, 5.74) is 1.86. The van der Waals surface area contributed by atoms with E-state index in [9.17, 15) is 14.4 Å². The predicted octanol–water partition coefficient (Wildman–Crippen LogP) is 2.56. The molecular weight excluding hydrogens is 378 g/mol. The molecule has 0 atom stereocenters. The fourth-order valence-electron chi connectivity index (χ4n) is 3.14. The van der Waals surface area contributed by atoms with Crippen LogP contribution in [0.3, 0.4) is 0 Å². The zero-order chi connectivity index (χ0) is 19.9. The topological polar surface area (TPSA) is 78.5 Å². The average Bonchev–Trinajstić information content (AvgIpc) is 3.11. The van der Waals surface area contributed by atoms with Crippen molar-refractivity contribution in [2.45, 2.75) is 19.3 Å². The molecule has 1 saturated heterocycles. The molecule has 0 unspecified atom stereocenters. The van der Waals surface area contributed by atoms with Gasteiger partial charge in [-0.25, -0.2) is 0 Å². The van der Waals surface area contributed by atoms with E-state index >= 15 is 0 Å². The number of anilines is 1. The largest absolute Gasteiger partial charge is 0.354 e. The van der Waals surface area contributed by atoms with E-state index in [0.717, 1.165) is 12.0 Å². The standard InChI is InChI=1S/C21H22ClN3O3/c22-16-8-9-17(18(14-16)25-12-4-7-20(25)27)21(28)24-11-10-23-19(26)13-15-5-2-1-3-6-15/h1-3,5-6,8-9,14H,4,7,10-13H2,(H,23,26)(H,24,28). The van der Waals surface area contributed by atoms with Crippen LogP contribution in [0.4, 0.5) is 5.69 Å². The van der Waals surface area contributed by atoms with E-state index in [2.05, 4.69) is 10.6 Å². The van der Waals surface area contributed by atoms with Crippen LogP contribution in [-0.4, -0.2) is 37.4 Å². The highest BCUT2D eigenvalue weighted by atomic mass is 35.5. The van der Waals surface area contributed by atoms with E-state index in [1.165, 1.54) is 0 Å². The third kappa shape index (κ3) is 5.10. The normalized spacial score (nSPS) is 13.5. The fourth-order valence-corrected chi connectivity index (χ4v) is 3.31. The molecule has 146 valence electrons. The minimum Gasteiger partial charge on any atom is -0.354 e. The highest BCUT2D eigenvalue weighted by Gasteiger charge is 2.26. The van der Waals surface area contributed by atoms with Gasteiger partial charge in [-0.2, -0.15) is 0 Å². The highest BCUT2D eigenvalue weighted by Crippen LogP contribution is 2.28. The first-order valence-electron chi connectivity index (χ1n) is 9.23. The molecule has 0 aliphatic carbocycles. The summed E-state index contributed by atoms with van der Waals surface area (Å²) in [6, 6.07) is 14.3. The Balaban J connectivity index is 1.52. The van der Waals surface area contributed by atoms with Gasteiger partial charge in [0.15, 0.2) is 0 Å². The van der Waals surface area contributed by atoms with Crippen molar-refractivity contribution in [1.82, 2.24) is 10.6 Å². The molecule has 0 saturated carbocycles. The van der Waals surface area contributed by atoms with Crippen molar-refractivity contribution < 1.29 is 14.4 Å². The van der Waals surface area contributed by atoms with Gasteiger partial charge in [-0.05, 0) is 30.2 Å². The van der Waals surface area contributed by atoms with Crippen LogP contribution in [0, 0.1) is 0 Å². The number of hydrogen-bond donors (Lipinski definition) is 2. The Kier molecular flexibility index (Phi) is 6.66. The van der Waals surface area contributed by atoms with Crippen LogP contribution in [0.15, 0.2) is 48.5 Å². The maximum atomic E-state index is 12.6. The van der Waals surface area contributed by atoms with E-state index < -0.39 is 0 Å². The molecule has 2 aromatic carbocycles. The SMILES string of the molecule is O=C(Cc1ccccc1)NCCNC(=O)c1ccc(Cl)cc1N1CCCC1=O. The second-order valence-electron chi connectivity index (χ2n) is 6.58. The van der Waals surface area contributed by atoms with Gasteiger partial charge in [0, 0.05) is 31.1 Å². The molecule has 28 heavy (non-hydrogen) atoms. The number of carbonyl (C=O) groups is 3. The summed E-state index contributed by atoms with van der Waals surface area (Å²) >= 11 is 6.06. The van der Waals surface area contributed by atoms with Gasteiger partial charge in [0.2, 0.25) is 11.8 Å². The summed E-state index contributed by atoms with van der Waals surface area (Å²) in [7, 11) is 0. The van der Waals surface area contributed by atoms with Crippen molar-refractivity contribution in [3.05, 3.63) is 64.7 Å². The van der Waals surface area contributed by atoms with E-state index in [-0.39, 0.29) is 24.3 Å². The van der Waals surface area contributed by atoms with Crippen molar-refractivity contribution in [3.8, 4) is 0 Å². The number of nitrogens with zero attached hydrogens (tertiary/aromatic N) is 1. The van der Waals surface area contributed by atoms with Gasteiger partial charge in [-0.15, -0.1) is 0 Å². The minimum absolute atomic E-state index is 0.00973. The number of carbonyl (C=O) groups excluding carboxylic acids is 3. The Labute approximate surface area is 168 Å². The maximum Gasteiger partial charge on any atom is 0.253 e. The summed E-state index contributed by atoms with van der Waals surface area (Å²) < 4.78 is 0. The van der Waals surface area contributed by atoms with Crippen molar-refractivity contribution in [3.63, 3.8) is 0 Å². The van der Waals surface area contributed by atoms with E-state index in [0.29, 0.717) is 42.2 Å². The van der Waals surface area contributed by atoms with Crippen molar-refractivity contribution in [1.29, 1.82) is 0 Å². The summed E-state index contributed by atoms with van der Waals surface area (Å²) in [6.45, 7) is 1.19. The molecule has 0 aromatic heterocycles. The number of benzene rings is 2. The van der Waals surface area contributed by atoms with Crippen LogP contribution < -0.4 is 15.5 Å². The number of hydrogen-bond acceptors (Lipinski definition) is 3. The van der Waals surface area contributed by atoms with Crippen LogP contribution in [-0.2, 0) is 16.0 Å². The van der Waals surface area contributed by atoms with E-state index in [1.54, 1.807) is 23.1 Å². The van der Waals surface area contributed by atoms with Gasteiger partial charge < -0.3 is 15.5 Å². The van der Waals surface area contributed by atoms with Gasteiger partial charge in [0.1, 0.15) is 0 Å². The van der Waals surface area contributed by atoms with Gasteiger partial charge in [-0.1, -0.05) is 41.9 Å². The third-order valence-corrected chi connectivity index (χ3v) is 4.74. The Hall–Kier alpha value is -2.86. The average molecular weight is 400 g/mol. The molecule has 3 rings (SSSR count). The van der Waals surface area contributed by atoms with Crippen molar-refractivity contribution in [2.75, 3.05) is 24.5 Å². The molecule has 1 heterocycles. The summed E-state index contributed by atoms with van der Waals surface area (Å²) in [6.07, 6.45) is 1.54. The molecule has 0 bridgehead atoms. The number of halogens is 1. The van der Waals surface area contributed by atoms with E-state index in [4.69, 9.17) is 11.6 Å². The molecule has 1 aliphatic heterocycles. The highest BCUT2D eigenvalue weighted by molar-refractivity contribution is 6.31. The van der Waals surface area contributed by atoms with Crippen LogP contribution in [0.1, 0.15) is 28.8 Å². The second kappa shape index (κ2) is 9.37. The fraction of sp³-hybridized carbons (Fsp3) is 0.286. The Morgan fingerprint density at radius 3 is 2.50 bits per heavy atom. The molecule has 0 radical (unpaired) electrons. The molecule has 2 N–H and O–H groups in total. The zero-order valence-corrected chi connectivity index (χ0v) is 16.2. The molecule has 3 amide bonds. The third-order valence-electron chi connectivity index (χ3n) is 4.51. The molecule has 1 aliphatic rings. The Morgan fingerprint density at radius 1 is 1.04 bits per heavy atom. The molecule has 1 fully saturated rings. The first kappa shape index (κ1) is 19.9. The Morgan fingerprint density at radius 2 is 1.79 bits per heavy atom. The lowest BCUT2D eigenvalue weighted by Crippen LogP contribution is -2.36. The first-order chi connectivity index (χ1) is 13.5. The minimum atomic E-state index is -0.302. The summed E-state index contributed by atoms with van der Waals surface area (Å²) in [4.78, 5) is 38.2. The lowest BCUT2D eigenvalue weighted by molar-refractivity contribution is -0.120. The number of rotatable bonds is 7. The van der Waals surface area contributed by atoms with E-state index in [1.807, 2.05) is 30.3 Å². The molecule has 2 aromatic rings. The lowest BCUT2D eigenvalue weighted by atomic mass is 10.1. The molecular formula is C21H22ClN3O3. The lowest BCUT2D eigenvalue weighted by Gasteiger charge is -2.19. The van der Waals surface area contributed by atoms with Gasteiger partial charge >= 0.3 is 0 Å². The number of nitrogens with one attached hydrogen (secondary N) is 2. The molecule has 0 spiro atoms. The number of amides is 3. The second-order valence-corrected chi connectivity index (χ2v) is 7.02. The van der Waals surface area contributed by atoms with Gasteiger partial charge in [-0.3, -0.25) is 14.4 Å². The van der Waals surface area contributed by atoms with Crippen LogP contribution in [0.2, 0.25) is 5.02 Å². The van der Waals surface area contributed by atoms with Crippen LogP contribution in [0.25, 0.3) is 0 Å². The maximum absolute atomic E-state index is 12.6. The van der Waals surface area contributed by atoms with Crippen LogP contribution >= 0.6 is 11.6 Å². The Bertz CT molecular complexity index is 870. The quantitative estimate of drug-likeness (QED) is 0.702. The predicted molar refractivity (Wildman–Crippen MR) is 109 cm³/mol. The zero-order valence-electron chi connectivity index (χ0n) is 15.4. The van der Waals surface area contributed by atoms with Crippen LogP contribution in [0.5, 0.6) is 0 Å². The first-order valence-corrected chi connectivity index (χ1v) is 9.61. The monoisotopic (exact) mass is 399 g/mol.